The molecular weight excluding hydrogens is 364 g/mol. The van der Waals surface area contributed by atoms with Crippen molar-refractivity contribution < 1.29 is 14.3 Å². The number of amides is 1. The van der Waals surface area contributed by atoms with E-state index in [1.807, 2.05) is 42.5 Å². The van der Waals surface area contributed by atoms with Gasteiger partial charge in [-0.25, -0.2) is 0 Å². The van der Waals surface area contributed by atoms with Crippen LogP contribution in [0.15, 0.2) is 54.6 Å². The van der Waals surface area contributed by atoms with Crippen LogP contribution in [0, 0.1) is 11.8 Å². The molecule has 0 saturated carbocycles. The van der Waals surface area contributed by atoms with Crippen LogP contribution in [-0.2, 0) is 4.79 Å². The third-order valence-corrected chi connectivity index (χ3v) is 6.27. The molecule has 2 heterocycles. The molecule has 2 aliphatic heterocycles. The number of carbonyl (C=O) groups is 1. The highest BCUT2D eigenvalue weighted by Crippen LogP contribution is 2.35. The monoisotopic (exact) mass is 394 g/mol. The minimum absolute atomic E-state index is 0.00206. The molecule has 2 aromatic rings. The molecule has 154 valence electrons. The summed E-state index contributed by atoms with van der Waals surface area (Å²) in [5.74, 6) is 1.63. The summed E-state index contributed by atoms with van der Waals surface area (Å²) in [6.45, 7) is 5.36. The third kappa shape index (κ3) is 4.56. The second kappa shape index (κ2) is 8.87. The predicted molar refractivity (Wildman–Crippen MR) is 113 cm³/mol. The maximum atomic E-state index is 12.4. The fraction of sp³-hybridized carbons (Fsp3) is 0.458. The maximum absolute atomic E-state index is 12.4. The lowest BCUT2D eigenvalue weighted by atomic mass is 9.75. The van der Waals surface area contributed by atoms with Gasteiger partial charge in [-0.2, -0.15) is 0 Å². The number of benzene rings is 2. The quantitative estimate of drug-likeness (QED) is 0.815. The Morgan fingerprint density at radius 2 is 1.86 bits per heavy atom. The van der Waals surface area contributed by atoms with Crippen LogP contribution in [0.3, 0.4) is 0 Å². The zero-order valence-electron chi connectivity index (χ0n) is 17.0. The van der Waals surface area contributed by atoms with Gasteiger partial charge < -0.3 is 15.2 Å². The van der Waals surface area contributed by atoms with Gasteiger partial charge in [-0.05, 0) is 48.9 Å². The summed E-state index contributed by atoms with van der Waals surface area (Å²) in [5.41, 5.74) is 7.06. The van der Waals surface area contributed by atoms with E-state index in [0.717, 1.165) is 44.0 Å². The number of nitrogens with two attached hydrogens (primary N) is 1. The van der Waals surface area contributed by atoms with Gasteiger partial charge in [0, 0.05) is 19.0 Å². The summed E-state index contributed by atoms with van der Waals surface area (Å²) < 4.78 is 12.0. The number of primary amides is 1. The lowest BCUT2D eigenvalue weighted by Crippen LogP contribution is -2.48. The van der Waals surface area contributed by atoms with Crippen LogP contribution in [0.25, 0.3) is 0 Å². The summed E-state index contributed by atoms with van der Waals surface area (Å²) in [6, 6.07) is 18.0. The normalized spacial score (nSPS) is 23.9. The van der Waals surface area contributed by atoms with E-state index in [9.17, 15) is 4.79 Å². The zero-order valence-corrected chi connectivity index (χ0v) is 17.0. The first-order chi connectivity index (χ1) is 14.1. The van der Waals surface area contributed by atoms with E-state index in [1.165, 1.54) is 5.56 Å². The van der Waals surface area contributed by atoms with Gasteiger partial charge in [0.2, 0.25) is 5.91 Å². The molecule has 0 radical (unpaired) electrons. The van der Waals surface area contributed by atoms with Gasteiger partial charge >= 0.3 is 0 Å². The highest BCUT2D eigenvalue weighted by molar-refractivity contribution is 5.78. The molecule has 4 atom stereocenters. The molecule has 2 unspecified atom stereocenters. The molecule has 1 fully saturated rings. The van der Waals surface area contributed by atoms with Crippen molar-refractivity contribution in [3.63, 3.8) is 0 Å². The first-order valence-corrected chi connectivity index (χ1v) is 10.6. The molecule has 0 aliphatic carbocycles. The van der Waals surface area contributed by atoms with E-state index in [-0.39, 0.29) is 29.8 Å². The maximum Gasteiger partial charge on any atom is 0.221 e. The van der Waals surface area contributed by atoms with Crippen LogP contribution in [0.2, 0.25) is 0 Å². The molecule has 1 amide bonds. The van der Waals surface area contributed by atoms with Gasteiger partial charge in [-0.15, -0.1) is 0 Å². The second-order valence-electron chi connectivity index (χ2n) is 8.29. The summed E-state index contributed by atoms with van der Waals surface area (Å²) in [7, 11) is 0. The number of fused-ring (bicyclic) bond motifs is 1. The van der Waals surface area contributed by atoms with Crippen molar-refractivity contribution in [1.82, 2.24) is 4.90 Å². The van der Waals surface area contributed by atoms with Crippen LogP contribution in [0.4, 0.5) is 0 Å². The number of nitrogens with zero attached hydrogens (tertiary/aromatic N) is 1. The van der Waals surface area contributed by atoms with Crippen molar-refractivity contribution in [1.29, 1.82) is 0 Å². The molecule has 0 spiro atoms. The summed E-state index contributed by atoms with van der Waals surface area (Å²) >= 11 is 0. The van der Waals surface area contributed by atoms with Gasteiger partial charge in [0.15, 0.2) is 11.5 Å². The number of ether oxygens (including phenoxy) is 2. The van der Waals surface area contributed by atoms with Crippen LogP contribution in [-0.4, -0.2) is 43.2 Å². The molecular formula is C24H30N2O3. The van der Waals surface area contributed by atoms with Crippen molar-refractivity contribution in [2.45, 2.75) is 31.8 Å². The number of rotatable bonds is 6. The van der Waals surface area contributed by atoms with Crippen molar-refractivity contribution in [2.75, 3.05) is 26.2 Å². The Kier molecular flexibility index (Phi) is 6.05. The Balaban J connectivity index is 1.41. The molecule has 0 aromatic heterocycles. The number of likely N-dealkylation sites (tertiary alicyclic amines) is 1. The number of hydrogen-bond donors (Lipinski definition) is 1. The van der Waals surface area contributed by atoms with Gasteiger partial charge in [-0.3, -0.25) is 9.69 Å². The van der Waals surface area contributed by atoms with E-state index in [2.05, 4.69) is 24.0 Å². The van der Waals surface area contributed by atoms with Gasteiger partial charge in [0.25, 0.3) is 0 Å². The molecule has 2 N–H and O–H groups in total. The minimum Gasteiger partial charge on any atom is -0.486 e. The third-order valence-electron chi connectivity index (χ3n) is 6.27. The highest BCUT2D eigenvalue weighted by Gasteiger charge is 2.36. The number of piperidine rings is 1. The molecule has 4 rings (SSSR count). The smallest absolute Gasteiger partial charge is 0.221 e. The number of carbonyl (C=O) groups excluding carboxylic acids is 1. The Morgan fingerprint density at radius 3 is 2.62 bits per heavy atom. The van der Waals surface area contributed by atoms with E-state index < -0.39 is 0 Å². The first kappa shape index (κ1) is 19.8. The van der Waals surface area contributed by atoms with Crippen LogP contribution in [0.5, 0.6) is 11.5 Å². The molecule has 2 aliphatic rings. The fourth-order valence-corrected chi connectivity index (χ4v) is 4.84. The standard InChI is InChI=1S/C24H30N2O3/c1-17(18-8-3-2-4-9-18)23(24(25)27)19-10-7-13-26(14-19)15-20-16-28-21-11-5-6-12-22(21)29-20/h2-6,8-9,11-12,17,19-20,23H,7,10,13-16H2,1H3,(H2,25,27)/t17?,19-,20+,23?/m1/s1. The molecule has 29 heavy (non-hydrogen) atoms. The van der Waals surface area contributed by atoms with E-state index in [4.69, 9.17) is 15.2 Å². The molecule has 0 bridgehead atoms. The Morgan fingerprint density at radius 1 is 1.14 bits per heavy atom. The van der Waals surface area contributed by atoms with Gasteiger partial charge in [0.1, 0.15) is 12.7 Å². The van der Waals surface area contributed by atoms with Gasteiger partial charge in [0.05, 0.1) is 0 Å². The SMILES string of the molecule is CC(c1ccccc1)C(C(N)=O)[C@@H]1CCCN(C[C@H]2COc3ccccc3O2)C1. The van der Waals surface area contributed by atoms with Crippen LogP contribution >= 0.6 is 0 Å². The van der Waals surface area contributed by atoms with E-state index in [1.54, 1.807) is 0 Å². The summed E-state index contributed by atoms with van der Waals surface area (Å²) in [5, 5.41) is 0. The number of hydrogen-bond acceptors (Lipinski definition) is 4. The summed E-state index contributed by atoms with van der Waals surface area (Å²) in [6.07, 6.45) is 2.11. The average Bonchev–Trinajstić information content (AvgIpc) is 2.74. The number of para-hydroxylation sites is 2. The lowest BCUT2D eigenvalue weighted by molar-refractivity contribution is -0.125. The van der Waals surface area contributed by atoms with E-state index in [0.29, 0.717) is 6.61 Å². The lowest BCUT2D eigenvalue weighted by Gasteiger charge is -2.39. The Bertz CT molecular complexity index is 826. The molecule has 1 saturated heterocycles. The minimum atomic E-state index is -0.195. The second-order valence-corrected chi connectivity index (χ2v) is 8.29. The summed E-state index contributed by atoms with van der Waals surface area (Å²) in [4.78, 5) is 14.8. The van der Waals surface area contributed by atoms with E-state index >= 15 is 0 Å². The zero-order chi connectivity index (χ0) is 20.2. The average molecular weight is 395 g/mol. The molecule has 2 aromatic carbocycles. The topological polar surface area (TPSA) is 64.8 Å². The van der Waals surface area contributed by atoms with Crippen molar-refractivity contribution in [3.05, 3.63) is 60.2 Å². The Labute approximate surface area is 172 Å². The fourth-order valence-electron chi connectivity index (χ4n) is 4.84. The molecule has 5 heteroatoms. The van der Waals surface area contributed by atoms with Gasteiger partial charge in [-0.1, -0.05) is 49.4 Å². The largest absolute Gasteiger partial charge is 0.486 e. The molecule has 5 nitrogen and oxygen atoms in total. The van der Waals surface area contributed by atoms with Crippen molar-refractivity contribution in [2.24, 2.45) is 17.6 Å². The first-order valence-electron chi connectivity index (χ1n) is 10.6. The van der Waals surface area contributed by atoms with Crippen molar-refractivity contribution in [3.8, 4) is 11.5 Å². The van der Waals surface area contributed by atoms with Crippen molar-refractivity contribution >= 4 is 5.91 Å². The Hall–Kier alpha value is -2.53. The highest BCUT2D eigenvalue weighted by atomic mass is 16.6. The van der Waals surface area contributed by atoms with Crippen LogP contribution < -0.4 is 15.2 Å². The predicted octanol–water partition coefficient (Wildman–Crippen LogP) is 3.44. The van der Waals surface area contributed by atoms with Crippen LogP contribution in [0.1, 0.15) is 31.2 Å².